The van der Waals surface area contributed by atoms with Crippen molar-refractivity contribution in [3.63, 3.8) is 0 Å². The molecule has 0 atom stereocenters. The minimum absolute atomic E-state index is 0.285. The molecule has 1 aromatic rings. The summed E-state index contributed by atoms with van der Waals surface area (Å²) in [5.41, 5.74) is 0.882. The molecule has 1 rings (SSSR count). The fourth-order valence-electron chi connectivity index (χ4n) is 0.872. The van der Waals surface area contributed by atoms with E-state index in [-0.39, 0.29) is 5.69 Å². The third-order valence-electron chi connectivity index (χ3n) is 1.54. The van der Waals surface area contributed by atoms with Crippen LogP contribution in [-0.4, -0.2) is 18.1 Å². The lowest BCUT2D eigenvalue weighted by Gasteiger charge is -1.94. The summed E-state index contributed by atoms with van der Waals surface area (Å²) in [6.07, 6.45) is 4.27. The Morgan fingerprint density at radius 3 is 3.14 bits per heavy atom. The highest BCUT2D eigenvalue weighted by atomic mass is 16.5. The number of ether oxygens (including phenoxy) is 1. The molecule has 0 radical (unpaired) electrons. The summed E-state index contributed by atoms with van der Waals surface area (Å²) in [6.45, 7) is 0. The van der Waals surface area contributed by atoms with Crippen LogP contribution in [0.15, 0.2) is 24.4 Å². The molecular formula is C10H8N2O2. The molecule has 0 fully saturated rings. The maximum atomic E-state index is 10.8. The lowest BCUT2D eigenvalue weighted by atomic mass is 10.2. The van der Waals surface area contributed by atoms with Crippen molar-refractivity contribution in [3.8, 4) is 6.07 Å². The number of esters is 1. The smallest absolute Gasteiger partial charge is 0.330 e. The first-order chi connectivity index (χ1) is 6.77. The Morgan fingerprint density at radius 1 is 1.71 bits per heavy atom. The number of pyridine rings is 1. The number of methoxy groups -OCH3 is 1. The number of carbonyl (C=O) groups is 1. The predicted octanol–water partition coefficient (Wildman–Crippen LogP) is 1.14. The van der Waals surface area contributed by atoms with Crippen LogP contribution in [-0.2, 0) is 9.53 Å². The monoisotopic (exact) mass is 188 g/mol. The minimum Gasteiger partial charge on any atom is -0.466 e. The molecule has 4 heteroatoms. The predicted molar refractivity (Wildman–Crippen MR) is 50.0 cm³/mol. The Bertz CT molecular complexity index is 405. The number of nitriles is 1. The molecule has 70 valence electrons. The summed E-state index contributed by atoms with van der Waals surface area (Å²) in [4.78, 5) is 14.6. The summed E-state index contributed by atoms with van der Waals surface area (Å²) < 4.78 is 4.42. The lowest BCUT2D eigenvalue weighted by molar-refractivity contribution is -0.134. The highest BCUT2D eigenvalue weighted by molar-refractivity contribution is 5.87. The van der Waals surface area contributed by atoms with Crippen LogP contribution in [0.2, 0.25) is 0 Å². The number of carbonyl (C=O) groups excluding carboxylic acids is 1. The van der Waals surface area contributed by atoms with Gasteiger partial charge in [0.1, 0.15) is 11.8 Å². The summed E-state index contributed by atoms with van der Waals surface area (Å²) in [6, 6.07) is 5.31. The molecule has 1 heterocycles. The standard InChI is InChI=1S/C10H8N2O2/c1-14-10(13)5-4-8-3-2-6-12-9(8)7-11/h2-6H,1H3. The van der Waals surface area contributed by atoms with E-state index >= 15 is 0 Å². The van der Waals surface area contributed by atoms with Crippen molar-refractivity contribution in [2.24, 2.45) is 0 Å². The van der Waals surface area contributed by atoms with Crippen molar-refractivity contribution in [1.29, 1.82) is 5.26 Å². The SMILES string of the molecule is COC(=O)C=Cc1cccnc1C#N. The zero-order valence-electron chi connectivity index (χ0n) is 7.60. The molecule has 0 aliphatic carbocycles. The fraction of sp³-hybridized carbons (Fsp3) is 0.100. The molecule has 0 spiro atoms. The molecule has 0 N–H and O–H groups in total. The molecule has 1 aromatic heterocycles. The quantitative estimate of drug-likeness (QED) is 0.515. The van der Waals surface area contributed by atoms with Crippen LogP contribution in [0.4, 0.5) is 0 Å². The Labute approximate surface area is 81.5 Å². The van der Waals surface area contributed by atoms with Crippen molar-refractivity contribution in [1.82, 2.24) is 4.98 Å². The molecule has 0 bridgehead atoms. The fourth-order valence-corrected chi connectivity index (χ4v) is 0.872. The van der Waals surface area contributed by atoms with Gasteiger partial charge < -0.3 is 4.74 Å². The molecule has 0 saturated heterocycles. The second-order valence-electron chi connectivity index (χ2n) is 2.41. The second-order valence-corrected chi connectivity index (χ2v) is 2.41. The summed E-state index contributed by atoms with van der Waals surface area (Å²) in [7, 11) is 1.29. The van der Waals surface area contributed by atoms with Crippen molar-refractivity contribution in [2.45, 2.75) is 0 Å². The summed E-state index contributed by atoms with van der Waals surface area (Å²) in [5, 5.41) is 8.68. The van der Waals surface area contributed by atoms with Gasteiger partial charge in [-0.05, 0) is 12.1 Å². The molecule has 0 aliphatic heterocycles. The average Bonchev–Trinajstić information content (AvgIpc) is 2.26. The van der Waals surface area contributed by atoms with E-state index in [9.17, 15) is 4.79 Å². The topological polar surface area (TPSA) is 63.0 Å². The van der Waals surface area contributed by atoms with Crippen LogP contribution in [0, 0.1) is 11.3 Å². The highest BCUT2D eigenvalue weighted by Gasteiger charge is 1.98. The Kier molecular flexibility index (Phi) is 3.39. The van der Waals surface area contributed by atoms with Gasteiger partial charge in [0.25, 0.3) is 0 Å². The number of aromatic nitrogens is 1. The minimum atomic E-state index is -0.460. The molecule has 0 amide bonds. The maximum Gasteiger partial charge on any atom is 0.330 e. The zero-order valence-corrected chi connectivity index (χ0v) is 7.60. The Balaban J connectivity index is 2.92. The van der Waals surface area contributed by atoms with Crippen LogP contribution in [0.25, 0.3) is 6.08 Å². The van der Waals surface area contributed by atoms with E-state index in [0.29, 0.717) is 5.56 Å². The van der Waals surface area contributed by atoms with E-state index in [2.05, 4.69) is 9.72 Å². The number of rotatable bonds is 2. The second kappa shape index (κ2) is 4.77. The molecular weight excluding hydrogens is 180 g/mol. The molecule has 0 saturated carbocycles. The van der Waals surface area contributed by atoms with Gasteiger partial charge in [0.05, 0.1) is 7.11 Å². The molecule has 4 nitrogen and oxygen atoms in total. The summed E-state index contributed by atoms with van der Waals surface area (Å²) >= 11 is 0. The molecule has 0 aromatic carbocycles. The molecule has 0 aliphatic rings. The van der Waals surface area contributed by atoms with E-state index in [1.54, 1.807) is 12.1 Å². The first kappa shape index (κ1) is 9.93. The van der Waals surface area contributed by atoms with Crippen molar-refractivity contribution < 1.29 is 9.53 Å². The normalized spacial score (nSPS) is 9.71. The van der Waals surface area contributed by atoms with Crippen LogP contribution >= 0.6 is 0 Å². The van der Waals surface area contributed by atoms with Gasteiger partial charge >= 0.3 is 5.97 Å². The summed E-state index contributed by atoms with van der Waals surface area (Å²) in [5.74, 6) is -0.460. The lowest BCUT2D eigenvalue weighted by Crippen LogP contribution is -1.94. The van der Waals surface area contributed by atoms with Crippen molar-refractivity contribution in [3.05, 3.63) is 35.7 Å². The van der Waals surface area contributed by atoms with E-state index in [1.807, 2.05) is 6.07 Å². The Hall–Kier alpha value is -2.15. The van der Waals surface area contributed by atoms with Crippen LogP contribution in [0.3, 0.4) is 0 Å². The largest absolute Gasteiger partial charge is 0.466 e. The van der Waals surface area contributed by atoms with Gasteiger partial charge in [-0.25, -0.2) is 9.78 Å². The highest BCUT2D eigenvalue weighted by Crippen LogP contribution is 2.05. The van der Waals surface area contributed by atoms with E-state index < -0.39 is 5.97 Å². The van der Waals surface area contributed by atoms with Crippen molar-refractivity contribution >= 4 is 12.0 Å². The van der Waals surface area contributed by atoms with Crippen LogP contribution < -0.4 is 0 Å². The van der Waals surface area contributed by atoms with Gasteiger partial charge in [-0.15, -0.1) is 0 Å². The number of hydrogen-bond acceptors (Lipinski definition) is 4. The molecule has 14 heavy (non-hydrogen) atoms. The van der Waals surface area contributed by atoms with Gasteiger partial charge in [-0.3, -0.25) is 0 Å². The maximum absolute atomic E-state index is 10.8. The first-order valence-electron chi connectivity index (χ1n) is 3.89. The van der Waals surface area contributed by atoms with Crippen molar-refractivity contribution in [2.75, 3.05) is 7.11 Å². The van der Waals surface area contributed by atoms with Gasteiger partial charge in [-0.2, -0.15) is 5.26 Å². The zero-order chi connectivity index (χ0) is 10.4. The average molecular weight is 188 g/mol. The van der Waals surface area contributed by atoms with Crippen LogP contribution in [0.1, 0.15) is 11.3 Å². The van der Waals surface area contributed by atoms with E-state index in [0.717, 1.165) is 0 Å². The van der Waals surface area contributed by atoms with E-state index in [1.165, 1.54) is 25.5 Å². The first-order valence-corrected chi connectivity index (χ1v) is 3.89. The Morgan fingerprint density at radius 2 is 2.50 bits per heavy atom. The third kappa shape index (κ3) is 2.42. The van der Waals surface area contributed by atoms with E-state index in [4.69, 9.17) is 5.26 Å². The van der Waals surface area contributed by atoms with Gasteiger partial charge in [-0.1, -0.05) is 6.07 Å². The molecule has 0 unspecified atom stereocenters. The third-order valence-corrected chi connectivity index (χ3v) is 1.54. The van der Waals surface area contributed by atoms with Crippen LogP contribution in [0.5, 0.6) is 0 Å². The number of hydrogen-bond donors (Lipinski definition) is 0. The van der Waals surface area contributed by atoms with Gasteiger partial charge in [0.15, 0.2) is 0 Å². The van der Waals surface area contributed by atoms with Gasteiger partial charge in [0.2, 0.25) is 0 Å². The van der Waals surface area contributed by atoms with Gasteiger partial charge in [0, 0.05) is 17.8 Å². The number of nitrogens with zero attached hydrogens (tertiary/aromatic N) is 2.